The highest BCUT2D eigenvalue weighted by Crippen LogP contribution is 2.24. The molecule has 0 saturated heterocycles. The van der Waals surface area contributed by atoms with Gasteiger partial charge >= 0.3 is 0 Å². The van der Waals surface area contributed by atoms with Gasteiger partial charge in [0.1, 0.15) is 0 Å². The Labute approximate surface area is 109 Å². The number of rotatable bonds is 9. The lowest BCUT2D eigenvalue weighted by molar-refractivity contribution is 0.130. The molecule has 0 saturated carbocycles. The van der Waals surface area contributed by atoms with Crippen molar-refractivity contribution in [1.82, 2.24) is 10.1 Å². The molecule has 2 unspecified atom stereocenters. The molecule has 0 aromatic carbocycles. The molecule has 0 spiro atoms. The fourth-order valence-electron chi connectivity index (χ4n) is 1.84. The van der Waals surface area contributed by atoms with E-state index in [9.17, 15) is 0 Å². The van der Waals surface area contributed by atoms with Crippen LogP contribution in [0.5, 0.6) is 0 Å². The first-order valence-electron chi connectivity index (χ1n) is 6.89. The molecule has 0 amide bonds. The van der Waals surface area contributed by atoms with E-state index < -0.39 is 0 Å². The highest BCUT2D eigenvalue weighted by atomic mass is 16.5. The van der Waals surface area contributed by atoms with E-state index in [4.69, 9.17) is 15.0 Å². The maximum Gasteiger partial charge on any atom is 0.229 e. The fourth-order valence-corrected chi connectivity index (χ4v) is 1.84. The molecule has 5 heteroatoms. The fraction of sp³-hybridized carbons (Fsp3) is 0.846. The molecule has 0 bridgehead atoms. The van der Waals surface area contributed by atoms with Crippen molar-refractivity contribution in [2.45, 2.75) is 58.4 Å². The van der Waals surface area contributed by atoms with E-state index in [0.717, 1.165) is 12.8 Å². The van der Waals surface area contributed by atoms with Crippen LogP contribution < -0.4 is 5.73 Å². The minimum atomic E-state index is -0.300. The van der Waals surface area contributed by atoms with Gasteiger partial charge in [0.15, 0.2) is 5.82 Å². The van der Waals surface area contributed by atoms with Crippen LogP contribution in [0.3, 0.4) is 0 Å². The number of nitrogens with two attached hydrogens (primary N) is 1. The van der Waals surface area contributed by atoms with Crippen LogP contribution in [0.4, 0.5) is 0 Å². The number of ether oxygens (including phenoxy) is 1. The monoisotopic (exact) mass is 255 g/mol. The normalized spacial score (nSPS) is 14.7. The van der Waals surface area contributed by atoms with Crippen molar-refractivity contribution in [1.29, 1.82) is 0 Å². The number of hydrogen-bond acceptors (Lipinski definition) is 5. The minimum Gasteiger partial charge on any atom is -0.380 e. The number of hydrogen-bond donors (Lipinski definition) is 1. The Morgan fingerprint density at radius 1 is 1.33 bits per heavy atom. The maximum atomic E-state index is 5.93. The topological polar surface area (TPSA) is 74.2 Å². The third kappa shape index (κ3) is 4.38. The summed E-state index contributed by atoms with van der Waals surface area (Å²) < 4.78 is 10.6. The largest absolute Gasteiger partial charge is 0.380 e. The first-order valence-corrected chi connectivity index (χ1v) is 6.89. The Morgan fingerprint density at radius 3 is 2.72 bits per heavy atom. The van der Waals surface area contributed by atoms with Crippen molar-refractivity contribution >= 4 is 0 Å². The summed E-state index contributed by atoms with van der Waals surface area (Å²) in [6, 6.07) is -0.300. The Hall–Kier alpha value is -0.940. The van der Waals surface area contributed by atoms with Crippen molar-refractivity contribution < 1.29 is 9.26 Å². The summed E-state index contributed by atoms with van der Waals surface area (Å²) in [7, 11) is 0. The van der Waals surface area contributed by atoms with Gasteiger partial charge in [-0.15, -0.1) is 0 Å². The SMILES string of the molecule is CCCCC(CC)c1nc(C(N)COCC)no1. The van der Waals surface area contributed by atoms with Gasteiger partial charge in [-0.25, -0.2) is 0 Å². The Balaban J connectivity index is 2.59. The minimum absolute atomic E-state index is 0.300. The summed E-state index contributed by atoms with van der Waals surface area (Å²) in [5.41, 5.74) is 5.93. The van der Waals surface area contributed by atoms with Gasteiger partial charge in [-0.3, -0.25) is 0 Å². The molecular weight excluding hydrogens is 230 g/mol. The van der Waals surface area contributed by atoms with Gasteiger partial charge in [0.25, 0.3) is 0 Å². The number of unbranched alkanes of at least 4 members (excludes halogenated alkanes) is 1. The smallest absolute Gasteiger partial charge is 0.229 e. The van der Waals surface area contributed by atoms with E-state index in [1.165, 1.54) is 12.8 Å². The van der Waals surface area contributed by atoms with Gasteiger partial charge in [-0.05, 0) is 19.8 Å². The lowest BCUT2D eigenvalue weighted by Gasteiger charge is -2.08. The van der Waals surface area contributed by atoms with Gasteiger partial charge in [0, 0.05) is 12.5 Å². The first kappa shape index (κ1) is 15.1. The molecular formula is C13H25N3O2. The summed E-state index contributed by atoms with van der Waals surface area (Å²) in [5, 5.41) is 3.95. The highest BCUT2D eigenvalue weighted by Gasteiger charge is 2.19. The van der Waals surface area contributed by atoms with Crippen molar-refractivity contribution in [3.05, 3.63) is 11.7 Å². The maximum absolute atomic E-state index is 5.93. The molecule has 0 aliphatic carbocycles. The van der Waals surface area contributed by atoms with E-state index in [-0.39, 0.29) is 6.04 Å². The van der Waals surface area contributed by atoms with E-state index in [1.54, 1.807) is 0 Å². The highest BCUT2D eigenvalue weighted by molar-refractivity contribution is 4.97. The van der Waals surface area contributed by atoms with Crippen molar-refractivity contribution in [3.8, 4) is 0 Å². The summed E-state index contributed by atoms with van der Waals surface area (Å²) in [6.07, 6.45) is 4.47. The van der Waals surface area contributed by atoms with E-state index in [1.807, 2.05) is 6.92 Å². The van der Waals surface area contributed by atoms with Crippen LogP contribution in [0.25, 0.3) is 0 Å². The van der Waals surface area contributed by atoms with Crippen molar-refractivity contribution in [2.75, 3.05) is 13.2 Å². The van der Waals surface area contributed by atoms with Crippen LogP contribution in [0.15, 0.2) is 4.52 Å². The Morgan fingerprint density at radius 2 is 2.11 bits per heavy atom. The third-order valence-electron chi connectivity index (χ3n) is 3.04. The van der Waals surface area contributed by atoms with Crippen molar-refractivity contribution in [3.63, 3.8) is 0 Å². The second-order valence-electron chi connectivity index (χ2n) is 4.50. The standard InChI is InChI=1S/C13H25N3O2/c1-4-7-8-10(5-2)13-15-12(16-18-13)11(14)9-17-6-3/h10-11H,4-9,14H2,1-3H3. The molecule has 1 heterocycles. The third-order valence-corrected chi connectivity index (χ3v) is 3.04. The van der Waals surface area contributed by atoms with Gasteiger partial charge in [-0.2, -0.15) is 4.98 Å². The van der Waals surface area contributed by atoms with Crippen LogP contribution in [0.1, 0.15) is 70.1 Å². The first-order chi connectivity index (χ1) is 8.72. The van der Waals surface area contributed by atoms with Crippen LogP contribution >= 0.6 is 0 Å². The summed E-state index contributed by atoms with van der Waals surface area (Å²) in [5.74, 6) is 1.62. The zero-order valence-corrected chi connectivity index (χ0v) is 11.7. The van der Waals surface area contributed by atoms with Gasteiger partial charge in [0.05, 0.1) is 12.6 Å². The zero-order valence-electron chi connectivity index (χ0n) is 11.7. The van der Waals surface area contributed by atoms with E-state index in [0.29, 0.717) is 30.8 Å². The molecule has 18 heavy (non-hydrogen) atoms. The summed E-state index contributed by atoms with van der Waals surface area (Å²) in [4.78, 5) is 4.40. The quantitative estimate of drug-likeness (QED) is 0.734. The number of aromatic nitrogens is 2. The molecule has 2 N–H and O–H groups in total. The van der Waals surface area contributed by atoms with Gasteiger partial charge in [0.2, 0.25) is 5.89 Å². The summed E-state index contributed by atoms with van der Waals surface area (Å²) >= 11 is 0. The summed E-state index contributed by atoms with van der Waals surface area (Å²) in [6.45, 7) is 7.34. The molecule has 104 valence electrons. The van der Waals surface area contributed by atoms with Gasteiger partial charge < -0.3 is 15.0 Å². The van der Waals surface area contributed by atoms with Crippen LogP contribution in [0.2, 0.25) is 0 Å². The predicted molar refractivity (Wildman–Crippen MR) is 70.3 cm³/mol. The van der Waals surface area contributed by atoms with E-state index >= 15 is 0 Å². The van der Waals surface area contributed by atoms with Crippen LogP contribution in [-0.4, -0.2) is 23.4 Å². The second-order valence-corrected chi connectivity index (χ2v) is 4.50. The molecule has 0 aliphatic heterocycles. The van der Waals surface area contributed by atoms with Crippen LogP contribution in [0, 0.1) is 0 Å². The molecule has 1 rings (SSSR count). The lowest BCUT2D eigenvalue weighted by atomic mass is 9.99. The molecule has 0 fully saturated rings. The Bertz CT molecular complexity index is 328. The average molecular weight is 255 g/mol. The van der Waals surface area contributed by atoms with Crippen LogP contribution in [-0.2, 0) is 4.74 Å². The molecule has 2 atom stereocenters. The number of nitrogens with zero attached hydrogens (tertiary/aromatic N) is 2. The molecule has 0 aliphatic rings. The predicted octanol–water partition coefficient (Wildman–Crippen LogP) is 2.79. The second kappa shape index (κ2) is 8.21. The molecule has 1 aromatic heterocycles. The Kier molecular flexibility index (Phi) is 6.90. The molecule has 5 nitrogen and oxygen atoms in total. The molecule has 0 radical (unpaired) electrons. The lowest BCUT2D eigenvalue weighted by Crippen LogP contribution is -2.18. The van der Waals surface area contributed by atoms with E-state index in [2.05, 4.69) is 24.0 Å². The average Bonchev–Trinajstić information content (AvgIpc) is 2.86. The van der Waals surface area contributed by atoms with Crippen molar-refractivity contribution in [2.24, 2.45) is 5.73 Å². The van der Waals surface area contributed by atoms with Gasteiger partial charge in [-0.1, -0.05) is 31.8 Å². The molecule has 1 aromatic rings. The zero-order chi connectivity index (χ0) is 13.4.